The molecule has 0 aliphatic heterocycles. The van der Waals surface area contributed by atoms with Crippen LogP contribution in [0.25, 0.3) is 0 Å². The van der Waals surface area contributed by atoms with E-state index in [0.29, 0.717) is 18.8 Å². The van der Waals surface area contributed by atoms with Crippen molar-refractivity contribution in [1.29, 1.82) is 0 Å². The maximum Gasteiger partial charge on any atom is 0.333 e. The molecule has 132 valence electrons. The van der Waals surface area contributed by atoms with E-state index in [1.165, 1.54) is 0 Å². The predicted molar refractivity (Wildman–Crippen MR) is 97.6 cm³/mol. The van der Waals surface area contributed by atoms with Gasteiger partial charge in [0.05, 0.1) is 0 Å². The Morgan fingerprint density at radius 1 is 0.800 bits per heavy atom. The van der Waals surface area contributed by atoms with Crippen LogP contribution in [0.4, 0.5) is 21.0 Å². The first-order valence-electron chi connectivity index (χ1n) is 7.75. The Bertz CT molecular complexity index is 700. The van der Waals surface area contributed by atoms with Gasteiger partial charge in [0.15, 0.2) is 0 Å². The Labute approximate surface area is 146 Å². The summed E-state index contributed by atoms with van der Waals surface area (Å²) in [5, 5.41) is 8.28. The normalized spacial score (nSPS) is 9.80. The van der Waals surface area contributed by atoms with E-state index in [2.05, 4.69) is 26.8 Å². The number of carbonyl (C=O) groups is 2. The van der Waals surface area contributed by atoms with Crippen molar-refractivity contribution in [2.75, 3.05) is 18.1 Å². The molecule has 7 N–H and O–H groups in total. The van der Waals surface area contributed by atoms with Crippen LogP contribution in [0.3, 0.4) is 0 Å². The summed E-state index contributed by atoms with van der Waals surface area (Å²) in [6, 6.07) is 13.8. The zero-order valence-corrected chi connectivity index (χ0v) is 13.9. The third kappa shape index (κ3) is 6.30. The van der Waals surface area contributed by atoms with Crippen molar-refractivity contribution >= 4 is 23.4 Å². The number of hydrogen-bond donors (Lipinski definition) is 6. The van der Waals surface area contributed by atoms with Crippen molar-refractivity contribution in [2.45, 2.75) is 13.1 Å². The highest BCUT2D eigenvalue weighted by Crippen LogP contribution is 2.08. The quantitative estimate of drug-likeness (QED) is 0.364. The van der Waals surface area contributed by atoms with Gasteiger partial charge in [0, 0.05) is 31.5 Å². The molecule has 0 saturated carbocycles. The molecule has 0 atom stereocenters. The van der Waals surface area contributed by atoms with Crippen LogP contribution < -0.4 is 32.5 Å². The van der Waals surface area contributed by atoms with E-state index in [-0.39, 0.29) is 0 Å². The van der Waals surface area contributed by atoms with Gasteiger partial charge in [0.25, 0.3) is 0 Å². The molecular formula is C17H22N6O2. The molecule has 4 amide bonds. The number of rotatable bonds is 5. The Morgan fingerprint density at radius 3 is 1.68 bits per heavy atom. The fourth-order valence-corrected chi connectivity index (χ4v) is 1.99. The number of urea groups is 2. The second kappa shape index (κ2) is 9.02. The minimum Gasteiger partial charge on any atom is -0.399 e. The molecule has 0 unspecified atom stereocenters. The second-order valence-electron chi connectivity index (χ2n) is 5.30. The average Bonchev–Trinajstić information content (AvgIpc) is 2.64. The lowest BCUT2D eigenvalue weighted by molar-refractivity contribution is 0.224. The summed E-state index contributed by atoms with van der Waals surface area (Å²) in [6.45, 7) is 0.678. The molecule has 8 nitrogen and oxygen atoms in total. The number of hydrogen-bond acceptors (Lipinski definition) is 4. The van der Waals surface area contributed by atoms with Crippen molar-refractivity contribution in [2.24, 2.45) is 0 Å². The SMILES string of the molecule is CNc1ccc(CNC(=O)NNC(=O)NCc2ccc(N)cc2)cc1. The molecule has 0 aliphatic rings. The Kier molecular flexibility index (Phi) is 6.47. The second-order valence-corrected chi connectivity index (χ2v) is 5.30. The molecule has 0 radical (unpaired) electrons. The van der Waals surface area contributed by atoms with Crippen LogP contribution in [0.15, 0.2) is 48.5 Å². The molecule has 2 aromatic carbocycles. The summed E-state index contributed by atoms with van der Waals surface area (Å²) in [4.78, 5) is 23.3. The molecule has 0 aliphatic carbocycles. The van der Waals surface area contributed by atoms with Crippen LogP contribution in [-0.2, 0) is 13.1 Å². The lowest BCUT2D eigenvalue weighted by atomic mass is 10.2. The van der Waals surface area contributed by atoms with Crippen molar-refractivity contribution in [1.82, 2.24) is 21.5 Å². The van der Waals surface area contributed by atoms with Crippen LogP contribution in [0.1, 0.15) is 11.1 Å². The number of nitrogen functional groups attached to an aromatic ring is 1. The zero-order chi connectivity index (χ0) is 18.1. The zero-order valence-electron chi connectivity index (χ0n) is 13.9. The van der Waals surface area contributed by atoms with Gasteiger partial charge in [-0.1, -0.05) is 24.3 Å². The molecule has 0 fully saturated rings. The van der Waals surface area contributed by atoms with E-state index in [9.17, 15) is 9.59 Å². The van der Waals surface area contributed by atoms with E-state index >= 15 is 0 Å². The van der Waals surface area contributed by atoms with Gasteiger partial charge in [-0.3, -0.25) is 0 Å². The highest BCUT2D eigenvalue weighted by molar-refractivity contribution is 5.79. The van der Waals surface area contributed by atoms with Crippen molar-refractivity contribution < 1.29 is 9.59 Å². The fourth-order valence-electron chi connectivity index (χ4n) is 1.99. The molecule has 0 heterocycles. The van der Waals surface area contributed by atoms with Gasteiger partial charge in [0.2, 0.25) is 0 Å². The van der Waals surface area contributed by atoms with Gasteiger partial charge in [-0.15, -0.1) is 0 Å². The minimum atomic E-state index is -0.509. The van der Waals surface area contributed by atoms with Crippen molar-refractivity contribution in [3.63, 3.8) is 0 Å². The summed E-state index contributed by atoms with van der Waals surface area (Å²) >= 11 is 0. The van der Waals surface area contributed by atoms with Gasteiger partial charge in [0.1, 0.15) is 0 Å². The number of benzene rings is 2. The first-order chi connectivity index (χ1) is 12.1. The number of amides is 4. The lowest BCUT2D eigenvalue weighted by Crippen LogP contribution is -2.50. The van der Waals surface area contributed by atoms with E-state index in [0.717, 1.165) is 16.8 Å². The Hall–Kier alpha value is -3.42. The number of nitrogens with one attached hydrogen (secondary N) is 5. The topological polar surface area (TPSA) is 120 Å². The van der Waals surface area contributed by atoms with Crippen LogP contribution in [0.2, 0.25) is 0 Å². The Balaban J connectivity index is 1.64. The van der Waals surface area contributed by atoms with Gasteiger partial charge >= 0.3 is 12.1 Å². The molecule has 0 spiro atoms. The largest absolute Gasteiger partial charge is 0.399 e. The maximum absolute atomic E-state index is 11.7. The molecular weight excluding hydrogens is 320 g/mol. The summed E-state index contributed by atoms with van der Waals surface area (Å²) < 4.78 is 0. The first-order valence-corrected chi connectivity index (χ1v) is 7.75. The lowest BCUT2D eigenvalue weighted by Gasteiger charge is -2.10. The molecule has 25 heavy (non-hydrogen) atoms. The van der Waals surface area contributed by atoms with Gasteiger partial charge in [-0.25, -0.2) is 20.4 Å². The molecule has 2 aromatic rings. The highest BCUT2D eigenvalue weighted by atomic mass is 16.2. The maximum atomic E-state index is 11.7. The van der Waals surface area contributed by atoms with E-state index < -0.39 is 12.1 Å². The smallest absolute Gasteiger partial charge is 0.333 e. The van der Waals surface area contributed by atoms with Gasteiger partial charge in [-0.05, 0) is 35.4 Å². The number of hydrazine groups is 1. The van der Waals surface area contributed by atoms with E-state index in [4.69, 9.17) is 5.73 Å². The van der Waals surface area contributed by atoms with Gasteiger partial charge < -0.3 is 21.7 Å². The molecule has 2 rings (SSSR count). The predicted octanol–water partition coefficient (Wildman–Crippen LogP) is 1.52. The summed E-state index contributed by atoms with van der Waals surface area (Å²) in [6.07, 6.45) is 0. The number of anilines is 2. The summed E-state index contributed by atoms with van der Waals surface area (Å²) in [7, 11) is 1.84. The summed E-state index contributed by atoms with van der Waals surface area (Å²) in [5.74, 6) is 0. The highest BCUT2D eigenvalue weighted by Gasteiger charge is 2.04. The van der Waals surface area contributed by atoms with Crippen LogP contribution in [0.5, 0.6) is 0 Å². The fraction of sp³-hybridized carbons (Fsp3) is 0.176. The molecule has 0 aromatic heterocycles. The average molecular weight is 342 g/mol. The van der Waals surface area contributed by atoms with Gasteiger partial charge in [-0.2, -0.15) is 0 Å². The monoisotopic (exact) mass is 342 g/mol. The minimum absolute atomic E-state index is 0.327. The van der Waals surface area contributed by atoms with E-state index in [1.54, 1.807) is 12.1 Å². The van der Waals surface area contributed by atoms with Crippen LogP contribution in [-0.4, -0.2) is 19.1 Å². The van der Waals surface area contributed by atoms with Crippen LogP contribution in [0, 0.1) is 0 Å². The molecule has 0 bridgehead atoms. The third-order valence-corrected chi connectivity index (χ3v) is 3.42. The standard InChI is InChI=1S/C17H22N6O2/c1-19-15-8-4-13(5-9-15)11-21-17(25)23-22-16(24)20-10-12-2-6-14(18)7-3-12/h2-9,19H,10-11,18H2,1H3,(H2,20,22,24)(H2,21,23,25). The van der Waals surface area contributed by atoms with E-state index in [1.807, 2.05) is 43.4 Å². The van der Waals surface area contributed by atoms with Crippen molar-refractivity contribution in [3.8, 4) is 0 Å². The first kappa shape index (κ1) is 17.9. The Morgan fingerprint density at radius 2 is 1.24 bits per heavy atom. The third-order valence-electron chi connectivity index (χ3n) is 3.42. The summed E-state index contributed by atoms with van der Waals surface area (Å²) in [5.41, 5.74) is 13.6. The number of nitrogens with two attached hydrogens (primary N) is 1. The molecule has 8 heteroatoms. The van der Waals surface area contributed by atoms with Crippen molar-refractivity contribution in [3.05, 3.63) is 59.7 Å². The molecule has 0 saturated heterocycles. The number of carbonyl (C=O) groups excluding carboxylic acids is 2. The van der Waals surface area contributed by atoms with Crippen LogP contribution >= 0.6 is 0 Å².